The largest absolute Gasteiger partial charge is 0.451 e. The topological polar surface area (TPSA) is 36.7 Å². The van der Waals surface area contributed by atoms with Crippen LogP contribution in [0.25, 0.3) is 11.0 Å². The molecule has 1 fully saturated rings. The molecule has 112 valence electrons. The Bertz CT molecular complexity index is 593. The number of halogens is 1. The van der Waals surface area contributed by atoms with Gasteiger partial charge >= 0.3 is 0 Å². The van der Waals surface area contributed by atoms with Gasteiger partial charge in [-0.1, -0.05) is 34.1 Å². The average Bonchev–Trinajstić information content (AvgIpc) is 2.80. The predicted octanol–water partition coefficient (Wildman–Crippen LogP) is 2.98. The maximum Gasteiger partial charge on any atom is 0.289 e. The second-order valence-electron chi connectivity index (χ2n) is 5.32. The molecule has 3 rings (SSSR count). The Hall–Kier alpha value is -1.33. The number of benzene rings is 1. The molecular formula is C16H19BrN2O2. The molecule has 1 aromatic carbocycles. The number of carbonyl (C=O) groups is 1. The van der Waals surface area contributed by atoms with E-state index < -0.39 is 0 Å². The summed E-state index contributed by atoms with van der Waals surface area (Å²) in [5, 5.41) is 1.96. The molecule has 0 radical (unpaired) electrons. The smallest absolute Gasteiger partial charge is 0.289 e. The standard InChI is InChI=1S/C16H19BrN2O2/c17-6-9-18-7-3-8-19(11-10-18)16(20)15-12-13-4-1-2-5-14(13)21-15/h1-2,4-5,12H,3,6-11H2. The van der Waals surface area contributed by atoms with Crippen LogP contribution >= 0.6 is 15.9 Å². The van der Waals surface area contributed by atoms with E-state index in [1.54, 1.807) is 0 Å². The van der Waals surface area contributed by atoms with Crippen LogP contribution < -0.4 is 0 Å². The summed E-state index contributed by atoms with van der Waals surface area (Å²) in [6, 6.07) is 9.58. The van der Waals surface area contributed by atoms with E-state index in [9.17, 15) is 4.79 Å². The number of alkyl halides is 1. The Morgan fingerprint density at radius 1 is 1.19 bits per heavy atom. The van der Waals surface area contributed by atoms with Crippen LogP contribution in [0.5, 0.6) is 0 Å². The summed E-state index contributed by atoms with van der Waals surface area (Å²) in [4.78, 5) is 16.9. The molecule has 1 aliphatic rings. The Morgan fingerprint density at radius 2 is 2.05 bits per heavy atom. The van der Waals surface area contributed by atoms with Crippen molar-refractivity contribution in [1.82, 2.24) is 9.80 Å². The number of carbonyl (C=O) groups excluding carboxylic acids is 1. The molecule has 21 heavy (non-hydrogen) atoms. The van der Waals surface area contributed by atoms with Gasteiger partial charge in [0.2, 0.25) is 0 Å². The van der Waals surface area contributed by atoms with Gasteiger partial charge in [0.1, 0.15) is 5.58 Å². The normalized spacial score (nSPS) is 17.1. The van der Waals surface area contributed by atoms with Gasteiger partial charge in [-0.15, -0.1) is 0 Å². The molecule has 1 amide bonds. The second-order valence-corrected chi connectivity index (χ2v) is 6.12. The summed E-state index contributed by atoms with van der Waals surface area (Å²) >= 11 is 3.47. The van der Waals surface area contributed by atoms with E-state index in [1.807, 2.05) is 35.2 Å². The van der Waals surface area contributed by atoms with Gasteiger partial charge in [-0.05, 0) is 25.1 Å². The third-order valence-electron chi connectivity index (χ3n) is 3.91. The van der Waals surface area contributed by atoms with Crippen molar-refractivity contribution in [2.45, 2.75) is 6.42 Å². The van der Waals surface area contributed by atoms with Gasteiger partial charge in [0.25, 0.3) is 5.91 Å². The van der Waals surface area contributed by atoms with E-state index in [1.165, 1.54) is 0 Å². The first-order valence-electron chi connectivity index (χ1n) is 7.34. The van der Waals surface area contributed by atoms with Crippen molar-refractivity contribution in [2.75, 3.05) is 38.1 Å². The van der Waals surface area contributed by atoms with E-state index >= 15 is 0 Å². The van der Waals surface area contributed by atoms with Gasteiger partial charge in [-0.25, -0.2) is 0 Å². The van der Waals surface area contributed by atoms with Crippen LogP contribution in [0, 0.1) is 0 Å². The molecule has 1 saturated heterocycles. The SMILES string of the molecule is O=C(c1cc2ccccc2o1)N1CCCN(CCBr)CC1. The van der Waals surface area contributed by atoms with Gasteiger partial charge in [0.05, 0.1) is 0 Å². The van der Waals surface area contributed by atoms with Crippen molar-refractivity contribution >= 4 is 32.8 Å². The highest BCUT2D eigenvalue weighted by molar-refractivity contribution is 9.09. The average molecular weight is 351 g/mol. The van der Waals surface area contributed by atoms with Crippen LogP contribution in [0.1, 0.15) is 17.0 Å². The molecule has 0 atom stereocenters. The fourth-order valence-corrected chi connectivity index (χ4v) is 3.26. The highest BCUT2D eigenvalue weighted by atomic mass is 79.9. The summed E-state index contributed by atoms with van der Waals surface area (Å²) in [7, 11) is 0. The van der Waals surface area contributed by atoms with E-state index in [4.69, 9.17) is 4.42 Å². The number of amides is 1. The van der Waals surface area contributed by atoms with Gasteiger partial charge < -0.3 is 14.2 Å². The lowest BCUT2D eigenvalue weighted by Gasteiger charge is -2.20. The fourth-order valence-electron chi connectivity index (χ4n) is 2.76. The third-order valence-corrected chi connectivity index (χ3v) is 4.27. The summed E-state index contributed by atoms with van der Waals surface area (Å²) in [6.45, 7) is 4.58. The van der Waals surface area contributed by atoms with Crippen LogP contribution in [-0.2, 0) is 0 Å². The number of fused-ring (bicyclic) bond motifs is 1. The zero-order valence-electron chi connectivity index (χ0n) is 11.9. The van der Waals surface area contributed by atoms with Crippen molar-refractivity contribution in [3.05, 3.63) is 36.1 Å². The number of hydrogen-bond donors (Lipinski definition) is 0. The van der Waals surface area contributed by atoms with Crippen LogP contribution in [-0.4, -0.2) is 53.8 Å². The first-order chi connectivity index (χ1) is 10.3. The molecule has 5 heteroatoms. The van der Waals surface area contributed by atoms with Gasteiger partial charge in [0, 0.05) is 36.9 Å². The molecule has 0 spiro atoms. The monoisotopic (exact) mass is 350 g/mol. The molecule has 0 aliphatic carbocycles. The molecule has 1 aliphatic heterocycles. The van der Waals surface area contributed by atoms with Crippen molar-refractivity contribution in [3.63, 3.8) is 0 Å². The lowest BCUT2D eigenvalue weighted by molar-refractivity contribution is 0.0732. The Labute approximate surface area is 132 Å². The molecule has 0 N–H and O–H groups in total. The number of rotatable bonds is 3. The third kappa shape index (κ3) is 3.30. The predicted molar refractivity (Wildman–Crippen MR) is 87.0 cm³/mol. The minimum Gasteiger partial charge on any atom is -0.451 e. The molecule has 0 bridgehead atoms. The summed E-state index contributed by atoms with van der Waals surface area (Å²) in [5.41, 5.74) is 0.775. The number of furan rings is 1. The second kappa shape index (κ2) is 6.62. The van der Waals surface area contributed by atoms with E-state index in [-0.39, 0.29) is 5.91 Å². The summed E-state index contributed by atoms with van der Waals surface area (Å²) < 4.78 is 5.69. The highest BCUT2D eigenvalue weighted by Crippen LogP contribution is 2.20. The van der Waals surface area contributed by atoms with Crippen LogP contribution in [0.2, 0.25) is 0 Å². The maximum atomic E-state index is 12.6. The lowest BCUT2D eigenvalue weighted by Crippen LogP contribution is -2.35. The van der Waals surface area contributed by atoms with E-state index in [0.717, 1.165) is 55.4 Å². The van der Waals surface area contributed by atoms with Gasteiger partial charge in [-0.3, -0.25) is 4.79 Å². The van der Waals surface area contributed by atoms with Crippen molar-refractivity contribution in [3.8, 4) is 0 Å². The number of nitrogens with zero attached hydrogens (tertiary/aromatic N) is 2. The molecule has 0 saturated carbocycles. The maximum absolute atomic E-state index is 12.6. The van der Waals surface area contributed by atoms with Crippen molar-refractivity contribution in [2.24, 2.45) is 0 Å². The Kier molecular flexibility index (Phi) is 4.60. The van der Waals surface area contributed by atoms with E-state index in [0.29, 0.717) is 5.76 Å². The first-order valence-corrected chi connectivity index (χ1v) is 8.46. The van der Waals surface area contributed by atoms with Crippen LogP contribution in [0.4, 0.5) is 0 Å². The molecular weight excluding hydrogens is 332 g/mol. The summed E-state index contributed by atoms with van der Waals surface area (Å²) in [5.74, 6) is 0.456. The first kappa shape index (κ1) is 14.6. The molecule has 0 unspecified atom stereocenters. The van der Waals surface area contributed by atoms with Crippen LogP contribution in [0.15, 0.2) is 34.7 Å². The number of para-hydroxylation sites is 1. The summed E-state index contributed by atoms with van der Waals surface area (Å²) in [6.07, 6.45) is 1.01. The van der Waals surface area contributed by atoms with Crippen molar-refractivity contribution < 1.29 is 9.21 Å². The molecule has 1 aromatic heterocycles. The van der Waals surface area contributed by atoms with Gasteiger partial charge in [-0.2, -0.15) is 0 Å². The Morgan fingerprint density at radius 3 is 2.86 bits per heavy atom. The minimum absolute atomic E-state index is 0.00638. The molecule has 4 nitrogen and oxygen atoms in total. The minimum atomic E-state index is 0.00638. The molecule has 2 heterocycles. The highest BCUT2D eigenvalue weighted by Gasteiger charge is 2.22. The quantitative estimate of drug-likeness (QED) is 0.798. The number of hydrogen-bond acceptors (Lipinski definition) is 3. The van der Waals surface area contributed by atoms with Crippen LogP contribution in [0.3, 0.4) is 0 Å². The van der Waals surface area contributed by atoms with Gasteiger partial charge in [0.15, 0.2) is 5.76 Å². The fraction of sp³-hybridized carbons (Fsp3) is 0.438. The van der Waals surface area contributed by atoms with E-state index in [2.05, 4.69) is 20.8 Å². The Balaban J connectivity index is 1.72. The lowest BCUT2D eigenvalue weighted by atomic mass is 10.2. The molecule has 2 aromatic rings. The zero-order chi connectivity index (χ0) is 14.7. The zero-order valence-corrected chi connectivity index (χ0v) is 13.5. The van der Waals surface area contributed by atoms with Crippen molar-refractivity contribution in [1.29, 1.82) is 0 Å².